The van der Waals surface area contributed by atoms with Gasteiger partial charge in [0.05, 0.1) is 23.0 Å². The Morgan fingerprint density at radius 2 is 1.91 bits per heavy atom. The second kappa shape index (κ2) is 12.9. The maximum atomic E-state index is 14.3. The fourth-order valence-electron chi connectivity index (χ4n) is 7.84. The van der Waals surface area contributed by atoms with E-state index in [1.54, 1.807) is 11.0 Å². The van der Waals surface area contributed by atoms with Crippen LogP contribution >= 0.6 is 11.6 Å². The van der Waals surface area contributed by atoms with Crippen LogP contribution in [0.1, 0.15) is 45.1 Å². The van der Waals surface area contributed by atoms with Crippen LogP contribution in [-0.2, 0) is 25.7 Å². The summed E-state index contributed by atoms with van der Waals surface area (Å²) in [5, 5.41) is 5.99. The fraction of sp³-hybridized carbons (Fsp3) is 0.514. The molecule has 3 amide bonds. The van der Waals surface area contributed by atoms with E-state index >= 15 is 0 Å². The first-order valence-electron chi connectivity index (χ1n) is 16.1. The van der Waals surface area contributed by atoms with Crippen molar-refractivity contribution >= 4 is 35.0 Å². The van der Waals surface area contributed by atoms with E-state index < -0.39 is 41.3 Å². The average Bonchev–Trinajstić information content (AvgIpc) is 3.65. The molecule has 3 aliphatic heterocycles. The van der Waals surface area contributed by atoms with Crippen molar-refractivity contribution in [2.75, 3.05) is 25.5 Å². The zero-order valence-corrected chi connectivity index (χ0v) is 26.8. The van der Waals surface area contributed by atoms with Crippen molar-refractivity contribution in [3.05, 3.63) is 77.1 Å². The van der Waals surface area contributed by atoms with Crippen molar-refractivity contribution in [1.29, 1.82) is 0 Å². The van der Waals surface area contributed by atoms with Gasteiger partial charge in [0.15, 0.2) is 0 Å². The number of nitrogens with zero attached hydrogens (tertiary/aromatic N) is 2. The largest absolute Gasteiger partial charge is 0.359 e. The summed E-state index contributed by atoms with van der Waals surface area (Å²) in [6, 6.07) is 13.3. The van der Waals surface area contributed by atoms with Crippen LogP contribution in [0.2, 0.25) is 5.02 Å². The fourth-order valence-corrected chi connectivity index (χ4v) is 8.02. The quantitative estimate of drug-likeness (QED) is 0.357. The molecule has 1 spiro atoms. The Hall–Kier alpha value is -3.27. The molecule has 3 fully saturated rings. The lowest BCUT2D eigenvalue weighted by molar-refractivity contribution is -0.141. The normalized spacial score (nSPS) is 31.8. The van der Waals surface area contributed by atoms with Gasteiger partial charge in [-0.15, -0.1) is 0 Å². The van der Waals surface area contributed by atoms with E-state index in [0.29, 0.717) is 30.5 Å². The Morgan fingerprint density at radius 3 is 2.67 bits per heavy atom. The van der Waals surface area contributed by atoms with Crippen LogP contribution < -0.4 is 10.6 Å². The van der Waals surface area contributed by atoms with Crippen molar-refractivity contribution < 1.29 is 23.5 Å². The standard InChI is InChI=1S/C35H42ClFN4O4/c1-21-9-7-12-27(22(21)2)39-33(43)31-35-16-15-28(45-35)29(32(42)38-24-13-14-26(37)25(36)19-24)30(35)34(44)41(31)18-8-17-40(3)20-23-10-5-4-6-11-23/h4-6,10-11,13-16,19,21-22,27-31H,7-9,12,17-18,20H2,1-3H3,(H,38,42)(H,39,43). The van der Waals surface area contributed by atoms with Crippen molar-refractivity contribution in [1.82, 2.24) is 15.1 Å². The summed E-state index contributed by atoms with van der Waals surface area (Å²) in [5.74, 6) is -2.41. The maximum Gasteiger partial charge on any atom is 0.246 e. The molecule has 0 radical (unpaired) electrons. The molecule has 4 aliphatic rings. The number of nitrogens with one attached hydrogen (secondary N) is 2. The Kier molecular flexibility index (Phi) is 9.05. The predicted octanol–water partition coefficient (Wildman–Crippen LogP) is 5.03. The van der Waals surface area contributed by atoms with Crippen molar-refractivity contribution in [2.45, 2.75) is 69.9 Å². The van der Waals surface area contributed by atoms with Crippen LogP contribution in [0.15, 0.2) is 60.7 Å². The Morgan fingerprint density at radius 1 is 1.13 bits per heavy atom. The first-order valence-corrected chi connectivity index (χ1v) is 16.4. The predicted molar refractivity (Wildman–Crippen MR) is 171 cm³/mol. The number of rotatable bonds is 10. The van der Waals surface area contributed by atoms with E-state index in [2.05, 4.69) is 41.5 Å². The SMILES string of the molecule is CC1CCCC(NC(=O)C2N(CCCN(C)Cc3ccccc3)C(=O)C3C(C(=O)Nc4ccc(F)c(Cl)c4)C4C=CC32O4)C1C. The van der Waals surface area contributed by atoms with Crippen LogP contribution in [-0.4, -0.2) is 71.4 Å². The average molecular weight is 637 g/mol. The molecule has 2 aromatic rings. The summed E-state index contributed by atoms with van der Waals surface area (Å²) in [6.07, 6.45) is 6.69. The first kappa shape index (κ1) is 31.7. The number of halogens is 2. The van der Waals surface area contributed by atoms with E-state index in [1.165, 1.54) is 23.8 Å². The number of amides is 3. The molecule has 1 aliphatic carbocycles. The van der Waals surface area contributed by atoms with E-state index in [9.17, 15) is 18.8 Å². The lowest BCUT2D eigenvalue weighted by Crippen LogP contribution is -2.58. The third-order valence-corrected chi connectivity index (χ3v) is 10.7. The molecular formula is C35H42ClFN4O4. The molecule has 3 heterocycles. The number of anilines is 1. The first-order chi connectivity index (χ1) is 21.6. The zero-order chi connectivity index (χ0) is 31.9. The monoisotopic (exact) mass is 636 g/mol. The molecule has 240 valence electrons. The minimum absolute atomic E-state index is 0.00978. The second-order valence-electron chi connectivity index (χ2n) is 13.3. The molecule has 8 atom stereocenters. The maximum absolute atomic E-state index is 14.3. The summed E-state index contributed by atoms with van der Waals surface area (Å²) >= 11 is 5.95. The summed E-state index contributed by atoms with van der Waals surface area (Å²) in [5.41, 5.74) is 0.282. The number of fused-ring (bicyclic) bond motifs is 1. The van der Waals surface area contributed by atoms with E-state index in [0.717, 1.165) is 32.4 Å². The summed E-state index contributed by atoms with van der Waals surface area (Å²) < 4.78 is 20.2. The molecular weight excluding hydrogens is 595 g/mol. The van der Waals surface area contributed by atoms with Crippen LogP contribution in [0.25, 0.3) is 0 Å². The molecule has 10 heteroatoms. The highest BCUT2D eigenvalue weighted by Crippen LogP contribution is 2.55. The molecule has 2 aromatic carbocycles. The highest BCUT2D eigenvalue weighted by atomic mass is 35.5. The highest BCUT2D eigenvalue weighted by molar-refractivity contribution is 6.31. The molecule has 0 aromatic heterocycles. The Labute approximate surface area is 269 Å². The minimum Gasteiger partial charge on any atom is -0.359 e. The molecule has 2 N–H and O–H groups in total. The van der Waals surface area contributed by atoms with Crippen molar-refractivity contribution in [3.8, 4) is 0 Å². The molecule has 6 rings (SSSR count). The summed E-state index contributed by atoms with van der Waals surface area (Å²) in [7, 11) is 2.04. The van der Waals surface area contributed by atoms with Gasteiger partial charge in [0.1, 0.15) is 17.5 Å². The lowest BCUT2D eigenvalue weighted by Gasteiger charge is -2.38. The van der Waals surface area contributed by atoms with Crippen molar-refractivity contribution in [2.24, 2.45) is 23.7 Å². The minimum atomic E-state index is -1.24. The number of benzene rings is 2. The number of carbonyl (C=O) groups excluding carboxylic acids is 3. The Bertz CT molecular complexity index is 1470. The molecule has 8 nitrogen and oxygen atoms in total. The van der Waals surface area contributed by atoms with E-state index in [-0.39, 0.29) is 22.9 Å². The molecule has 2 bridgehead atoms. The number of ether oxygens (including phenoxy) is 1. The van der Waals surface area contributed by atoms with Crippen LogP contribution in [0.3, 0.4) is 0 Å². The molecule has 8 unspecified atom stereocenters. The van der Waals surface area contributed by atoms with Gasteiger partial charge in [-0.05, 0) is 62.0 Å². The summed E-state index contributed by atoms with van der Waals surface area (Å²) in [4.78, 5) is 46.1. The van der Waals surface area contributed by atoms with Crippen molar-refractivity contribution in [3.63, 3.8) is 0 Å². The van der Waals surface area contributed by atoms with Crippen LogP contribution in [0, 0.1) is 29.5 Å². The zero-order valence-electron chi connectivity index (χ0n) is 26.0. The van der Waals surface area contributed by atoms with Gasteiger partial charge in [0.25, 0.3) is 0 Å². The van der Waals surface area contributed by atoms with Gasteiger partial charge in [-0.3, -0.25) is 14.4 Å². The van der Waals surface area contributed by atoms with Gasteiger partial charge in [0.2, 0.25) is 17.7 Å². The van der Waals surface area contributed by atoms with Gasteiger partial charge >= 0.3 is 0 Å². The van der Waals surface area contributed by atoms with Crippen LogP contribution in [0.5, 0.6) is 0 Å². The van der Waals surface area contributed by atoms with Gasteiger partial charge < -0.3 is 25.2 Å². The van der Waals surface area contributed by atoms with Gasteiger partial charge in [-0.25, -0.2) is 4.39 Å². The number of carbonyl (C=O) groups is 3. The smallest absolute Gasteiger partial charge is 0.246 e. The van der Waals surface area contributed by atoms with E-state index in [1.807, 2.05) is 31.3 Å². The van der Waals surface area contributed by atoms with Gasteiger partial charge in [-0.1, -0.05) is 80.8 Å². The highest BCUT2D eigenvalue weighted by Gasteiger charge is 2.72. The molecule has 2 saturated heterocycles. The molecule has 1 saturated carbocycles. The van der Waals surface area contributed by atoms with Gasteiger partial charge in [0, 0.05) is 24.8 Å². The third kappa shape index (κ3) is 6.02. The summed E-state index contributed by atoms with van der Waals surface area (Å²) in [6.45, 7) is 6.24. The topological polar surface area (TPSA) is 91.0 Å². The van der Waals surface area contributed by atoms with E-state index in [4.69, 9.17) is 16.3 Å². The number of likely N-dealkylation sites (tertiary alicyclic amines) is 1. The number of hydrogen-bond acceptors (Lipinski definition) is 5. The third-order valence-electron chi connectivity index (χ3n) is 10.4. The Balaban J connectivity index is 1.23. The van der Waals surface area contributed by atoms with Crippen LogP contribution in [0.4, 0.5) is 10.1 Å². The molecule has 45 heavy (non-hydrogen) atoms. The number of hydrogen-bond donors (Lipinski definition) is 2. The van der Waals surface area contributed by atoms with Gasteiger partial charge in [-0.2, -0.15) is 0 Å². The second-order valence-corrected chi connectivity index (χ2v) is 13.7. The lowest BCUT2D eigenvalue weighted by atomic mass is 9.73.